The van der Waals surface area contributed by atoms with Gasteiger partial charge in [-0.3, -0.25) is 0 Å². The number of carbonyl (C=O) groups is 1. The Kier molecular flexibility index (Phi) is 5.31. The third kappa shape index (κ3) is 3.73. The normalized spacial score (nSPS) is 22.5. The summed E-state index contributed by atoms with van der Waals surface area (Å²) < 4.78 is 98.1. The lowest BCUT2D eigenvalue weighted by molar-refractivity contribution is -0.348. The van der Waals surface area contributed by atoms with Gasteiger partial charge >= 0.3 is 24.1 Å². The zero-order valence-electron chi connectivity index (χ0n) is 16.6. The van der Waals surface area contributed by atoms with Crippen LogP contribution in [0.3, 0.4) is 0 Å². The summed E-state index contributed by atoms with van der Waals surface area (Å²) in [6.45, 7) is 5.53. The Morgan fingerprint density at radius 1 is 1.00 bits per heavy atom. The van der Waals surface area contributed by atoms with Gasteiger partial charge in [-0.2, -0.15) is 26.3 Å². The van der Waals surface area contributed by atoms with Gasteiger partial charge in [0.2, 0.25) is 0 Å². The van der Waals surface area contributed by atoms with Crippen LogP contribution in [0.4, 0.5) is 35.5 Å². The molecule has 0 N–H and O–H groups in total. The van der Waals surface area contributed by atoms with E-state index in [0.29, 0.717) is 37.1 Å². The number of hydrogen-bond acceptors (Lipinski definition) is 2. The Morgan fingerprint density at radius 3 is 2.13 bits per heavy atom. The van der Waals surface area contributed by atoms with E-state index in [1.165, 1.54) is 0 Å². The number of amides is 1. The van der Waals surface area contributed by atoms with Crippen molar-refractivity contribution < 1.29 is 40.3 Å². The van der Waals surface area contributed by atoms with Crippen LogP contribution in [0.1, 0.15) is 56.2 Å². The smallest absolute Gasteiger partial charge is 0.435 e. The van der Waals surface area contributed by atoms with E-state index in [-0.39, 0.29) is 23.9 Å². The Balaban J connectivity index is 1.92. The van der Waals surface area contributed by atoms with Crippen LogP contribution in [0.15, 0.2) is 18.2 Å². The molecular weight excluding hydrogens is 419 g/mol. The van der Waals surface area contributed by atoms with Gasteiger partial charge in [0.15, 0.2) is 0 Å². The molecule has 2 aliphatic rings. The average molecular weight is 441 g/mol. The molecule has 0 spiro atoms. The zero-order chi connectivity index (χ0) is 22.7. The van der Waals surface area contributed by atoms with Crippen molar-refractivity contribution in [3.8, 4) is 0 Å². The number of alkyl halides is 7. The SMILES string of the molecule is CC(C)(C)OC(=O)N1CC[C@H]2c3ccc(C(F)(C(F)(F)F)C(F)(F)F)cc3CC[C@H]21. The second kappa shape index (κ2) is 7.02. The number of carbonyl (C=O) groups excluding carboxylic acids is 1. The number of nitrogens with zero attached hydrogens (tertiary/aromatic N) is 1. The number of ether oxygens (including phenoxy) is 1. The third-order valence-electron chi connectivity index (χ3n) is 5.60. The number of rotatable bonds is 1. The molecule has 1 aromatic rings. The molecule has 3 rings (SSSR count). The van der Waals surface area contributed by atoms with E-state index in [0.717, 1.165) is 6.07 Å². The summed E-state index contributed by atoms with van der Waals surface area (Å²) in [5, 5.41) is 0. The maximum absolute atomic E-state index is 14.4. The van der Waals surface area contributed by atoms with Gasteiger partial charge < -0.3 is 9.64 Å². The summed E-state index contributed by atoms with van der Waals surface area (Å²) in [6.07, 6.45) is -11.8. The highest BCUT2D eigenvalue weighted by Gasteiger charge is 2.73. The fraction of sp³-hybridized carbons (Fsp3) is 0.650. The van der Waals surface area contributed by atoms with E-state index < -0.39 is 35.3 Å². The first kappa shape index (κ1) is 22.7. The van der Waals surface area contributed by atoms with Crippen LogP contribution in [0.2, 0.25) is 0 Å². The monoisotopic (exact) mass is 441 g/mol. The first-order valence-corrected chi connectivity index (χ1v) is 9.51. The first-order chi connectivity index (χ1) is 13.6. The van der Waals surface area contributed by atoms with Crippen molar-refractivity contribution in [1.82, 2.24) is 4.90 Å². The zero-order valence-corrected chi connectivity index (χ0v) is 16.6. The van der Waals surface area contributed by atoms with Crippen molar-refractivity contribution in [3.05, 3.63) is 34.9 Å². The Labute approximate surface area is 169 Å². The highest BCUT2D eigenvalue weighted by Crippen LogP contribution is 2.54. The molecule has 1 aromatic carbocycles. The summed E-state index contributed by atoms with van der Waals surface area (Å²) in [6, 6.07) is 2.09. The molecule has 2 atom stereocenters. The van der Waals surface area contributed by atoms with Gasteiger partial charge in [0.1, 0.15) is 5.60 Å². The molecule has 168 valence electrons. The average Bonchev–Trinajstić information content (AvgIpc) is 3.01. The summed E-state index contributed by atoms with van der Waals surface area (Å²) in [5.41, 5.74) is -6.81. The van der Waals surface area contributed by atoms with E-state index in [4.69, 9.17) is 4.74 Å². The molecule has 0 radical (unpaired) electrons. The largest absolute Gasteiger partial charge is 0.444 e. The minimum atomic E-state index is -6.14. The molecule has 1 aliphatic heterocycles. The minimum Gasteiger partial charge on any atom is -0.444 e. The van der Waals surface area contributed by atoms with E-state index in [1.807, 2.05) is 0 Å². The molecule has 1 aliphatic carbocycles. The molecule has 0 saturated carbocycles. The Bertz CT molecular complexity index is 812. The third-order valence-corrected chi connectivity index (χ3v) is 5.60. The van der Waals surface area contributed by atoms with Gasteiger partial charge in [-0.15, -0.1) is 0 Å². The summed E-state index contributed by atoms with van der Waals surface area (Å²) in [4.78, 5) is 14.0. The molecule has 1 heterocycles. The van der Waals surface area contributed by atoms with Gasteiger partial charge in [0.05, 0.1) is 0 Å². The molecule has 1 saturated heterocycles. The number of benzene rings is 1. The number of fused-ring (bicyclic) bond motifs is 3. The van der Waals surface area contributed by atoms with Crippen LogP contribution < -0.4 is 0 Å². The van der Waals surface area contributed by atoms with Gasteiger partial charge in [-0.05, 0) is 51.2 Å². The standard InChI is InChI=1S/C20H22F7NO2/c1-17(2,3)30-16(29)28-9-8-14-13-6-5-12(10-11(13)4-7-15(14)28)18(21,19(22,23)24)20(25,26)27/h5-6,10,14-15H,4,7-9H2,1-3H3/t14-,15+/m0/s1. The van der Waals surface area contributed by atoms with Crippen LogP contribution in [-0.2, 0) is 16.8 Å². The van der Waals surface area contributed by atoms with Crippen molar-refractivity contribution >= 4 is 6.09 Å². The molecule has 0 bridgehead atoms. The fourth-order valence-corrected chi connectivity index (χ4v) is 4.31. The number of halogens is 7. The number of likely N-dealkylation sites (tertiary alicyclic amines) is 1. The molecule has 1 fully saturated rings. The first-order valence-electron chi connectivity index (χ1n) is 9.51. The van der Waals surface area contributed by atoms with Gasteiger partial charge in [-0.25, -0.2) is 9.18 Å². The molecule has 0 aromatic heterocycles. The van der Waals surface area contributed by atoms with Crippen molar-refractivity contribution in [2.24, 2.45) is 0 Å². The van der Waals surface area contributed by atoms with Crippen molar-refractivity contribution in [2.45, 2.75) is 75.6 Å². The molecule has 0 unspecified atom stereocenters. The molecule has 10 heteroatoms. The van der Waals surface area contributed by atoms with Gasteiger partial charge in [-0.1, -0.05) is 18.2 Å². The topological polar surface area (TPSA) is 29.5 Å². The molecule has 3 nitrogen and oxygen atoms in total. The lowest BCUT2D eigenvalue weighted by atomic mass is 9.77. The maximum Gasteiger partial charge on any atom is 0.435 e. The predicted octanol–water partition coefficient (Wildman–Crippen LogP) is 6.02. The van der Waals surface area contributed by atoms with E-state index in [2.05, 4.69) is 0 Å². The van der Waals surface area contributed by atoms with Gasteiger partial charge in [0, 0.05) is 24.1 Å². The van der Waals surface area contributed by atoms with Crippen molar-refractivity contribution in [1.29, 1.82) is 0 Å². The van der Waals surface area contributed by atoms with E-state index in [9.17, 15) is 35.5 Å². The van der Waals surface area contributed by atoms with Gasteiger partial charge in [0.25, 0.3) is 0 Å². The Hall–Kier alpha value is -2.00. The second-order valence-corrected chi connectivity index (χ2v) is 8.74. The van der Waals surface area contributed by atoms with Crippen molar-refractivity contribution in [3.63, 3.8) is 0 Å². The van der Waals surface area contributed by atoms with Crippen LogP contribution in [0.5, 0.6) is 0 Å². The number of aryl methyl sites for hydroxylation is 1. The second-order valence-electron chi connectivity index (χ2n) is 8.74. The molecule has 1 amide bonds. The summed E-state index contributed by atoms with van der Waals surface area (Å²) in [7, 11) is 0. The lowest BCUT2D eigenvalue weighted by Crippen LogP contribution is -2.50. The highest BCUT2D eigenvalue weighted by atomic mass is 19.4. The van der Waals surface area contributed by atoms with Crippen LogP contribution in [0.25, 0.3) is 0 Å². The van der Waals surface area contributed by atoms with Crippen LogP contribution in [-0.4, -0.2) is 41.5 Å². The lowest BCUT2D eigenvalue weighted by Gasteiger charge is -2.35. The highest BCUT2D eigenvalue weighted by molar-refractivity contribution is 5.69. The molecule has 30 heavy (non-hydrogen) atoms. The summed E-state index contributed by atoms with van der Waals surface area (Å²) in [5.74, 6) is -0.249. The minimum absolute atomic E-state index is 0.134. The van der Waals surface area contributed by atoms with Crippen LogP contribution in [0, 0.1) is 0 Å². The van der Waals surface area contributed by atoms with E-state index in [1.54, 1.807) is 25.7 Å². The fourth-order valence-electron chi connectivity index (χ4n) is 4.31. The Morgan fingerprint density at radius 2 is 1.60 bits per heavy atom. The van der Waals surface area contributed by atoms with Crippen molar-refractivity contribution in [2.75, 3.05) is 6.54 Å². The predicted molar refractivity (Wildman–Crippen MR) is 93.7 cm³/mol. The van der Waals surface area contributed by atoms with E-state index >= 15 is 0 Å². The number of hydrogen-bond donors (Lipinski definition) is 0. The maximum atomic E-state index is 14.4. The summed E-state index contributed by atoms with van der Waals surface area (Å²) >= 11 is 0. The molecular formula is C20H22F7NO2. The quantitative estimate of drug-likeness (QED) is 0.499. The van der Waals surface area contributed by atoms with Crippen LogP contribution >= 0.6 is 0 Å².